The summed E-state index contributed by atoms with van der Waals surface area (Å²) in [7, 11) is -3.05. The summed E-state index contributed by atoms with van der Waals surface area (Å²) < 4.78 is 24.5. The third-order valence-corrected chi connectivity index (χ3v) is 4.83. The fraction of sp³-hybridized carbons (Fsp3) is 0.923. The summed E-state index contributed by atoms with van der Waals surface area (Å²) in [5, 5.41) is 6.56. The lowest BCUT2D eigenvalue weighted by Crippen LogP contribution is -2.42. The maximum absolute atomic E-state index is 11.5. The molecule has 1 rings (SSSR count). The molecule has 0 spiro atoms. The summed E-state index contributed by atoms with van der Waals surface area (Å²) in [6.45, 7) is 8.98. The molecule has 1 heterocycles. The van der Waals surface area contributed by atoms with Crippen molar-refractivity contribution in [3.05, 3.63) is 0 Å². The average Bonchev–Trinajstić information content (AvgIpc) is 2.84. The minimum absolute atomic E-state index is 0. The Bertz CT molecular complexity index is 428. The third-order valence-electron chi connectivity index (χ3n) is 3.56. The largest absolute Gasteiger partial charge is 0.357 e. The zero-order valence-corrected chi connectivity index (χ0v) is 16.6. The van der Waals surface area contributed by atoms with Gasteiger partial charge < -0.3 is 10.6 Å². The normalized spacial score (nSPS) is 21.7. The highest BCUT2D eigenvalue weighted by Crippen LogP contribution is 2.18. The second-order valence-corrected chi connectivity index (χ2v) is 7.43. The van der Waals surface area contributed by atoms with Gasteiger partial charge >= 0.3 is 0 Å². The van der Waals surface area contributed by atoms with E-state index < -0.39 is 10.0 Å². The van der Waals surface area contributed by atoms with Crippen molar-refractivity contribution in [1.82, 2.24) is 14.9 Å². The molecule has 1 saturated heterocycles. The Labute approximate surface area is 146 Å². The Morgan fingerprint density at radius 2 is 2.10 bits per heavy atom. The molecule has 8 heteroatoms. The first-order chi connectivity index (χ1) is 9.36. The molecule has 0 radical (unpaired) electrons. The van der Waals surface area contributed by atoms with Crippen LogP contribution in [0.3, 0.4) is 0 Å². The van der Waals surface area contributed by atoms with Crippen LogP contribution in [0.15, 0.2) is 4.99 Å². The van der Waals surface area contributed by atoms with Crippen LogP contribution < -0.4 is 10.6 Å². The molecule has 0 bridgehead atoms. The molecule has 0 aromatic heterocycles. The van der Waals surface area contributed by atoms with E-state index in [1.54, 1.807) is 4.31 Å². The van der Waals surface area contributed by atoms with Crippen molar-refractivity contribution >= 4 is 40.0 Å². The molecule has 2 atom stereocenters. The molecule has 6 nitrogen and oxygen atoms in total. The lowest BCUT2D eigenvalue weighted by molar-refractivity contribution is 0.463. The van der Waals surface area contributed by atoms with E-state index in [0.29, 0.717) is 31.6 Å². The molecule has 2 unspecified atom stereocenters. The molecule has 126 valence electrons. The predicted octanol–water partition coefficient (Wildman–Crippen LogP) is 1.24. The average molecular weight is 432 g/mol. The van der Waals surface area contributed by atoms with Gasteiger partial charge in [-0.05, 0) is 32.6 Å². The van der Waals surface area contributed by atoms with E-state index in [2.05, 4.69) is 29.5 Å². The Hall–Kier alpha value is -0.0900. The summed E-state index contributed by atoms with van der Waals surface area (Å²) in [5.74, 6) is 1.14. The number of nitrogens with zero attached hydrogens (tertiary/aromatic N) is 2. The Morgan fingerprint density at radius 3 is 2.57 bits per heavy atom. The SMILES string of the molecule is CCNC(=NCC1CCN(S(C)(=O)=O)C1)NC(C)CC.I. The minimum Gasteiger partial charge on any atom is -0.357 e. The van der Waals surface area contributed by atoms with E-state index in [1.807, 2.05) is 6.92 Å². The van der Waals surface area contributed by atoms with Crippen molar-refractivity contribution in [3.8, 4) is 0 Å². The number of aliphatic imine (C=N–C) groups is 1. The fourth-order valence-corrected chi connectivity index (χ4v) is 3.04. The Morgan fingerprint density at radius 1 is 1.43 bits per heavy atom. The highest BCUT2D eigenvalue weighted by Gasteiger charge is 2.28. The highest BCUT2D eigenvalue weighted by molar-refractivity contribution is 14.0. The van der Waals surface area contributed by atoms with Crippen molar-refractivity contribution < 1.29 is 8.42 Å². The third kappa shape index (κ3) is 7.64. The van der Waals surface area contributed by atoms with Gasteiger partial charge in [-0.1, -0.05) is 6.92 Å². The molecule has 1 fully saturated rings. The molecule has 1 aliphatic heterocycles. The van der Waals surface area contributed by atoms with Gasteiger partial charge in [-0.2, -0.15) is 0 Å². The van der Waals surface area contributed by atoms with E-state index in [4.69, 9.17) is 0 Å². The first kappa shape index (κ1) is 20.9. The topological polar surface area (TPSA) is 73.8 Å². The van der Waals surface area contributed by atoms with Crippen LogP contribution in [0.5, 0.6) is 0 Å². The standard InChI is InChI=1S/C13H28N4O2S.HI/c1-5-11(3)16-13(14-6-2)15-9-12-7-8-17(10-12)20(4,18)19;/h11-12H,5-10H2,1-4H3,(H2,14,15,16);1H. The summed E-state index contributed by atoms with van der Waals surface area (Å²) in [6, 6.07) is 0.379. The molecule has 0 aromatic carbocycles. The molecular formula is C13H29IN4O2S. The summed E-state index contributed by atoms with van der Waals surface area (Å²) >= 11 is 0. The number of guanidine groups is 1. The molecular weight excluding hydrogens is 403 g/mol. The number of hydrogen-bond donors (Lipinski definition) is 2. The van der Waals surface area contributed by atoms with Crippen LogP contribution in [0.1, 0.15) is 33.6 Å². The molecule has 2 N–H and O–H groups in total. The summed E-state index contributed by atoms with van der Waals surface area (Å²) in [6.07, 6.45) is 3.20. The van der Waals surface area contributed by atoms with Crippen molar-refractivity contribution in [3.63, 3.8) is 0 Å². The van der Waals surface area contributed by atoms with Gasteiger partial charge in [-0.25, -0.2) is 12.7 Å². The second-order valence-electron chi connectivity index (χ2n) is 5.45. The van der Waals surface area contributed by atoms with E-state index >= 15 is 0 Å². The van der Waals surface area contributed by atoms with Crippen LogP contribution in [0.4, 0.5) is 0 Å². The molecule has 1 aliphatic rings. The van der Waals surface area contributed by atoms with E-state index in [9.17, 15) is 8.42 Å². The zero-order chi connectivity index (χ0) is 15.2. The van der Waals surface area contributed by atoms with Crippen LogP contribution >= 0.6 is 24.0 Å². The van der Waals surface area contributed by atoms with E-state index in [1.165, 1.54) is 6.26 Å². The smallest absolute Gasteiger partial charge is 0.211 e. The monoisotopic (exact) mass is 432 g/mol. The first-order valence-corrected chi connectivity index (χ1v) is 9.21. The van der Waals surface area contributed by atoms with Gasteiger partial charge in [-0.3, -0.25) is 4.99 Å². The molecule has 0 saturated carbocycles. The number of halogens is 1. The van der Waals surface area contributed by atoms with Crippen molar-refractivity contribution in [1.29, 1.82) is 0 Å². The molecule has 21 heavy (non-hydrogen) atoms. The van der Waals surface area contributed by atoms with Gasteiger partial charge in [0.25, 0.3) is 0 Å². The van der Waals surface area contributed by atoms with Crippen LogP contribution in [0, 0.1) is 5.92 Å². The van der Waals surface area contributed by atoms with Crippen molar-refractivity contribution in [2.45, 2.75) is 39.7 Å². The predicted molar refractivity (Wildman–Crippen MR) is 98.8 cm³/mol. The number of nitrogens with one attached hydrogen (secondary N) is 2. The molecule has 0 aliphatic carbocycles. The first-order valence-electron chi connectivity index (χ1n) is 7.36. The Kier molecular flexibility index (Phi) is 9.79. The van der Waals surface area contributed by atoms with Gasteiger partial charge in [0.1, 0.15) is 0 Å². The lowest BCUT2D eigenvalue weighted by atomic mass is 10.1. The van der Waals surface area contributed by atoms with Crippen LogP contribution in [0.25, 0.3) is 0 Å². The zero-order valence-electron chi connectivity index (χ0n) is 13.4. The second kappa shape index (κ2) is 9.83. The number of hydrogen-bond acceptors (Lipinski definition) is 3. The van der Waals surface area contributed by atoms with E-state index in [-0.39, 0.29) is 24.0 Å². The summed E-state index contributed by atoms with van der Waals surface area (Å²) in [5.41, 5.74) is 0. The maximum Gasteiger partial charge on any atom is 0.211 e. The van der Waals surface area contributed by atoms with Crippen molar-refractivity contribution in [2.75, 3.05) is 32.4 Å². The van der Waals surface area contributed by atoms with Gasteiger partial charge in [0.15, 0.2) is 5.96 Å². The van der Waals surface area contributed by atoms with Gasteiger partial charge in [0, 0.05) is 32.2 Å². The van der Waals surface area contributed by atoms with Crippen LogP contribution in [0.2, 0.25) is 0 Å². The van der Waals surface area contributed by atoms with Gasteiger partial charge in [-0.15, -0.1) is 24.0 Å². The summed E-state index contributed by atoms with van der Waals surface area (Å²) in [4.78, 5) is 4.57. The van der Waals surface area contributed by atoms with Crippen LogP contribution in [-0.2, 0) is 10.0 Å². The Balaban J connectivity index is 0.00000400. The lowest BCUT2D eigenvalue weighted by Gasteiger charge is -2.17. The molecule has 0 aromatic rings. The maximum atomic E-state index is 11.5. The quantitative estimate of drug-likeness (QED) is 0.376. The molecule has 0 amide bonds. The fourth-order valence-electron chi connectivity index (χ4n) is 2.12. The number of sulfonamides is 1. The van der Waals surface area contributed by atoms with Crippen molar-refractivity contribution in [2.24, 2.45) is 10.9 Å². The number of rotatable bonds is 6. The van der Waals surface area contributed by atoms with Gasteiger partial charge in [0.2, 0.25) is 10.0 Å². The van der Waals surface area contributed by atoms with Gasteiger partial charge in [0.05, 0.1) is 6.26 Å². The van der Waals surface area contributed by atoms with Crippen LogP contribution in [-0.4, -0.2) is 57.2 Å². The van der Waals surface area contributed by atoms with E-state index in [0.717, 1.165) is 25.3 Å². The minimum atomic E-state index is -3.05. The highest BCUT2D eigenvalue weighted by atomic mass is 127.